The average molecular weight is 241 g/mol. The Balaban J connectivity index is 1.96. The molecule has 0 atom stereocenters. The summed E-state index contributed by atoms with van der Waals surface area (Å²) < 4.78 is 5.20. The van der Waals surface area contributed by atoms with Crippen molar-refractivity contribution in [3.8, 4) is 0 Å². The highest BCUT2D eigenvalue weighted by atomic mass is 35.5. The van der Waals surface area contributed by atoms with Crippen molar-refractivity contribution in [2.24, 2.45) is 5.92 Å². The molecule has 0 saturated carbocycles. The number of hydrogen-bond acceptors (Lipinski definition) is 3. The second kappa shape index (κ2) is 5.27. The van der Waals surface area contributed by atoms with Gasteiger partial charge in [-0.25, -0.2) is 4.98 Å². The number of pyridine rings is 1. The maximum absolute atomic E-state index is 11.8. The van der Waals surface area contributed by atoms with Gasteiger partial charge in [-0.05, 0) is 25.0 Å². The van der Waals surface area contributed by atoms with E-state index in [1.165, 1.54) is 0 Å². The van der Waals surface area contributed by atoms with Crippen LogP contribution < -0.4 is 5.32 Å². The van der Waals surface area contributed by atoms with Crippen LogP contribution in [0.15, 0.2) is 18.2 Å². The number of anilines is 1. The molecule has 5 heteroatoms. The smallest absolute Gasteiger partial charge is 0.228 e. The molecule has 0 aliphatic carbocycles. The minimum absolute atomic E-state index is 0.00179. The topological polar surface area (TPSA) is 51.2 Å². The van der Waals surface area contributed by atoms with Crippen molar-refractivity contribution >= 4 is 23.3 Å². The summed E-state index contributed by atoms with van der Waals surface area (Å²) in [6.45, 7) is 1.31. The summed E-state index contributed by atoms with van der Waals surface area (Å²) in [7, 11) is 0. The van der Waals surface area contributed by atoms with E-state index < -0.39 is 0 Å². The molecule has 2 heterocycles. The van der Waals surface area contributed by atoms with Gasteiger partial charge in [0.05, 0.1) is 0 Å². The predicted molar refractivity (Wildman–Crippen MR) is 61.4 cm³/mol. The second-order valence-electron chi connectivity index (χ2n) is 3.72. The second-order valence-corrected chi connectivity index (χ2v) is 4.11. The van der Waals surface area contributed by atoms with Crippen LogP contribution in [0.5, 0.6) is 0 Å². The summed E-state index contributed by atoms with van der Waals surface area (Å²) in [6.07, 6.45) is 1.54. The maximum Gasteiger partial charge on any atom is 0.228 e. The first-order valence-corrected chi connectivity index (χ1v) is 5.64. The zero-order valence-corrected chi connectivity index (χ0v) is 9.54. The van der Waals surface area contributed by atoms with Crippen LogP contribution in [0.25, 0.3) is 0 Å². The van der Waals surface area contributed by atoms with Crippen LogP contribution in [-0.4, -0.2) is 24.1 Å². The Morgan fingerprint density at radius 3 is 2.88 bits per heavy atom. The molecule has 0 unspecified atom stereocenters. The Kier molecular flexibility index (Phi) is 3.74. The Hall–Kier alpha value is -1.13. The number of carbonyl (C=O) groups excluding carboxylic acids is 1. The molecule has 16 heavy (non-hydrogen) atoms. The average Bonchev–Trinajstić information content (AvgIpc) is 2.30. The van der Waals surface area contributed by atoms with Gasteiger partial charge in [0.2, 0.25) is 5.91 Å². The summed E-state index contributed by atoms with van der Waals surface area (Å²) in [6, 6.07) is 5.16. The van der Waals surface area contributed by atoms with E-state index in [9.17, 15) is 4.79 Å². The SMILES string of the molecule is O=C(Nc1cccc(Cl)n1)C1CCOCC1. The molecule has 0 spiro atoms. The van der Waals surface area contributed by atoms with Gasteiger partial charge in [0.25, 0.3) is 0 Å². The predicted octanol–water partition coefficient (Wildman–Crippen LogP) is 2.10. The molecule has 0 radical (unpaired) electrons. The standard InChI is InChI=1S/C11H13ClN2O2/c12-9-2-1-3-10(13-9)14-11(15)8-4-6-16-7-5-8/h1-3,8H,4-7H2,(H,13,14,15). The Morgan fingerprint density at radius 1 is 1.44 bits per heavy atom. The van der Waals surface area contributed by atoms with Crippen LogP contribution in [0.4, 0.5) is 5.82 Å². The largest absolute Gasteiger partial charge is 0.381 e. The van der Waals surface area contributed by atoms with E-state index in [4.69, 9.17) is 16.3 Å². The van der Waals surface area contributed by atoms with E-state index in [1.807, 2.05) is 0 Å². The van der Waals surface area contributed by atoms with Gasteiger partial charge in [0, 0.05) is 19.1 Å². The first-order valence-electron chi connectivity index (χ1n) is 5.27. The lowest BCUT2D eigenvalue weighted by Crippen LogP contribution is -2.28. The number of aromatic nitrogens is 1. The van der Waals surface area contributed by atoms with Crippen LogP contribution in [0.2, 0.25) is 5.15 Å². The van der Waals surface area contributed by atoms with Crippen molar-refractivity contribution < 1.29 is 9.53 Å². The Bertz CT molecular complexity index is 378. The van der Waals surface area contributed by atoms with Crippen molar-refractivity contribution in [2.75, 3.05) is 18.5 Å². The van der Waals surface area contributed by atoms with Crippen LogP contribution in [0, 0.1) is 5.92 Å². The van der Waals surface area contributed by atoms with Gasteiger partial charge >= 0.3 is 0 Å². The van der Waals surface area contributed by atoms with Crippen molar-refractivity contribution in [1.29, 1.82) is 0 Å². The molecular weight excluding hydrogens is 228 g/mol. The number of carbonyl (C=O) groups is 1. The molecule has 1 amide bonds. The van der Waals surface area contributed by atoms with Crippen LogP contribution in [0.1, 0.15) is 12.8 Å². The fourth-order valence-electron chi connectivity index (χ4n) is 1.67. The lowest BCUT2D eigenvalue weighted by molar-refractivity contribution is -0.122. The van der Waals surface area contributed by atoms with Gasteiger partial charge in [-0.2, -0.15) is 0 Å². The molecule has 1 N–H and O–H groups in total. The van der Waals surface area contributed by atoms with E-state index in [2.05, 4.69) is 10.3 Å². The molecule has 1 aliphatic heterocycles. The third-order valence-electron chi connectivity index (χ3n) is 2.56. The van der Waals surface area contributed by atoms with Gasteiger partial charge in [0.15, 0.2) is 0 Å². The highest BCUT2D eigenvalue weighted by molar-refractivity contribution is 6.29. The zero-order valence-electron chi connectivity index (χ0n) is 8.78. The molecule has 1 aromatic rings. The minimum atomic E-state index is -0.00179. The lowest BCUT2D eigenvalue weighted by atomic mass is 9.99. The van der Waals surface area contributed by atoms with E-state index in [0.717, 1.165) is 12.8 Å². The van der Waals surface area contributed by atoms with E-state index in [1.54, 1.807) is 18.2 Å². The molecule has 86 valence electrons. The van der Waals surface area contributed by atoms with Crippen molar-refractivity contribution in [3.05, 3.63) is 23.4 Å². The van der Waals surface area contributed by atoms with Gasteiger partial charge in [0.1, 0.15) is 11.0 Å². The number of rotatable bonds is 2. The quantitative estimate of drug-likeness (QED) is 0.806. The molecule has 0 bridgehead atoms. The molecule has 1 saturated heterocycles. The van der Waals surface area contributed by atoms with Gasteiger partial charge < -0.3 is 10.1 Å². The third kappa shape index (κ3) is 2.93. The summed E-state index contributed by atoms with van der Waals surface area (Å²) in [5, 5.41) is 3.14. The first-order chi connectivity index (χ1) is 7.75. The molecule has 0 aromatic carbocycles. The zero-order chi connectivity index (χ0) is 11.4. The summed E-state index contributed by atoms with van der Waals surface area (Å²) in [5.41, 5.74) is 0. The summed E-state index contributed by atoms with van der Waals surface area (Å²) >= 11 is 5.73. The Morgan fingerprint density at radius 2 is 2.19 bits per heavy atom. The normalized spacial score (nSPS) is 17.1. The highest BCUT2D eigenvalue weighted by Crippen LogP contribution is 2.17. The number of nitrogens with zero attached hydrogens (tertiary/aromatic N) is 1. The van der Waals surface area contributed by atoms with E-state index >= 15 is 0 Å². The lowest BCUT2D eigenvalue weighted by Gasteiger charge is -2.20. The number of ether oxygens (including phenoxy) is 1. The van der Waals surface area contributed by atoms with E-state index in [0.29, 0.717) is 24.2 Å². The fourth-order valence-corrected chi connectivity index (χ4v) is 1.83. The molecule has 1 aliphatic rings. The van der Waals surface area contributed by atoms with Crippen LogP contribution in [0.3, 0.4) is 0 Å². The Labute approximate surface area is 99.0 Å². The van der Waals surface area contributed by atoms with Crippen LogP contribution >= 0.6 is 11.6 Å². The first kappa shape index (κ1) is 11.4. The van der Waals surface area contributed by atoms with Crippen molar-refractivity contribution in [2.45, 2.75) is 12.8 Å². The number of hydrogen-bond donors (Lipinski definition) is 1. The molecule has 4 nitrogen and oxygen atoms in total. The van der Waals surface area contributed by atoms with Gasteiger partial charge in [-0.1, -0.05) is 17.7 Å². The summed E-state index contributed by atoms with van der Waals surface area (Å²) in [5.74, 6) is 0.525. The highest BCUT2D eigenvalue weighted by Gasteiger charge is 2.21. The summed E-state index contributed by atoms with van der Waals surface area (Å²) in [4.78, 5) is 15.8. The monoisotopic (exact) mass is 240 g/mol. The van der Waals surface area contributed by atoms with Crippen LogP contribution in [-0.2, 0) is 9.53 Å². The molecule has 2 rings (SSSR count). The molecule has 1 aromatic heterocycles. The van der Waals surface area contributed by atoms with Crippen molar-refractivity contribution in [3.63, 3.8) is 0 Å². The van der Waals surface area contributed by atoms with E-state index in [-0.39, 0.29) is 11.8 Å². The number of nitrogens with one attached hydrogen (secondary N) is 1. The molecule has 1 fully saturated rings. The van der Waals surface area contributed by atoms with Crippen molar-refractivity contribution in [1.82, 2.24) is 4.98 Å². The maximum atomic E-state index is 11.8. The third-order valence-corrected chi connectivity index (χ3v) is 2.77. The number of amides is 1. The molecular formula is C11H13ClN2O2. The van der Waals surface area contributed by atoms with Gasteiger partial charge in [-0.15, -0.1) is 0 Å². The number of halogens is 1. The van der Waals surface area contributed by atoms with Gasteiger partial charge in [-0.3, -0.25) is 4.79 Å². The minimum Gasteiger partial charge on any atom is -0.381 e. The fraction of sp³-hybridized carbons (Fsp3) is 0.455.